The second-order valence-corrected chi connectivity index (χ2v) is 6.32. The first kappa shape index (κ1) is 17.4. The molecule has 8 heteroatoms. The van der Waals surface area contributed by atoms with E-state index in [9.17, 15) is 14.4 Å². The van der Waals surface area contributed by atoms with Crippen molar-refractivity contribution in [3.63, 3.8) is 0 Å². The predicted molar refractivity (Wildman–Crippen MR) is 92.0 cm³/mol. The summed E-state index contributed by atoms with van der Waals surface area (Å²) in [5.74, 6) is -0.752. The summed E-state index contributed by atoms with van der Waals surface area (Å²) in [4.78, 5) is 37.2. The van der Waals surface area contributed by atoms with Crippen molar-refractivity contribution in [3.05, 3.63) is 24.3 Å². The normalized spacial score (nSPS) is 18.7. The van der Waals surface area contributed by atoms with Crippen molar-refractivity contribution >= 4 is 29.1 Å². The smallest absolute Gasteiger partial charge is 0.253 e. The highest BCUT2D eigenvalue weighted by atomic mass is 16.5. The Hall–Kier alpha value is -2.45. The van der Waals surface area contributed by atoms with Crippen LogP contribution in [0.3, 0.4) is 0 Å². The molecule has 2 fully saturated rings. The lowest BCUT2D eigenvalue weighted by molar-refractivity contribution is -0.128. The monoisotopic (exact) mass is 346 g/mol. The molecular weight excluding hydrogens is 324 g/mol. The number of carbonyl (C=O) groups is 3. The number of hydrogen-bond donors (Lipinski definition) is 3. The molecule has 0 bridgehead atoms. The van der Waals surface area contributed by atoms with Crippen LogP contribution in [-0.2, 0) is 19.1 Å². The van der Waals surface area contributed by atoms with Gasteiger partial charge in [0.1, 0.15) is 6.61 Å². The van der Waals surface area contributed by atoms with Crippen LogP contribution in [0.1, 0.15) is 12.8 Å². The fourth-order valence-corrected chi connectivity index (χ4v) is 2.66. The molecule has 0 aromatic heterocycles. The summed E-state index contributed by atoms with van der Waals surface area (Å²) in [5.41, 5.74) is 6.59. The van der Waals surface area contributed by atoms with E-state index in [1.165, 1.54) is 0 Å². The molecule has 25 heavy (non-hydrogen) atoms. The molecule has 3 amide bonds. The van der Waals surface area contributed by atoms with Gasteiger partial charge in [-0.2, -0.15) is 0 Å². The van der Waals surface area contributed by atoms with E-state index in [0.717, 1.165) is 18.5 Å². The molecule has 2 aliphatic rings. The van der Waals surface area contributed by atoms with Crippen molar-refractivity contribution in [1.82, 2.24) is 5.32 Å². The number of nitrogens with zero attached hydrogens (tertiary/aromatic N) is 1. The van der Waals surface area contributed by atoms with Crippen molar-refractivity contribution in [1.29, 1.82) is 0 Å². The van der Waals surface area contributed by atoms with Crippen LogP contribution in [0.2, 0.25) is 0 Å². The Kier molecular flexibility index (Phi) is 5.30. The van der Waals surface area contributed by atoms with Gasteiger partial charge in [0, 0.05) is 17.9 Å². The molecular formula is C17H22N4O4. The van der Waals surface area contributed by atoms with Gasteiger partial charge in [-0.1, -0.05) is 0 Å². The number of amides is 3. The van der Waals surface area contributed by atoms with Gasteiger partial charge >= 0.3 is 0 Å². The van der Waals surface area contributed by atoms with Gasteiger partial charge in [-0.05, 0) is 49.6 Å². The minimum absolute atomic E-state index is 0.0748. The summed E-state index contributed by atoms with van der Waals surface area (Å²) in [5, 5.41) is 5.60. The third kappa shape index (κ3) is 4.55. The molecule has 1 aromatic carbocycles. The topological polar surface area (TPSA) is 114 Å². The second kappa shape index (κ2) is 7.62. The van der Waals surface area contributed by atoms with E-state index >= 15 is 0 Å². The lowest BCUT2D eigenvalue weighted by Crippen LogP contribution is -2.50. The van der Waals surface area contributed by atoms with E-state index in [1.807, 2.05) is 0 Å². The van der Waals surface area contributed by atoms with Crippen molar-refractivity contribution in [2.45, 2.75) is 18.9 Å². The van der Waals surface area contributed by atoms with Crippen molar-refractivity contribution in [3.8, 4) is 0 Å². The van der Waals surface area contributed by atoms with Crippen LogP contribution in [0.25, 0.3) is 0 Å². The van der Waals surface area contributed by atoms with E-state index in [0.29, 0.717) is 31.3 Å². The van der Waals surface area contributed by atoms with Gasteiger partial charge in [-0.3, -0.25) is 19.7 Å². The third-order valence-corrected chi connectivity index (χ3v) is 4.29. The molecule has 0 unspecified atom stereocenters. The van der Waals surface area contributed by atoms with E-state index in [-0.39, 0.29) is 12.5 Å². The van der Waals surface area contributed by atoms with Crippen molar-refractivity contribution in [2.75, 3.05) is 36.5 Å². The molecule has 1 aliphatic carbocycles. The minimum Gasteiger partial charge on any atom is -0.370 e. The number of ether oxygens (including phenoxy) is 1. The summed E-state index contributed by atoms with van der Waals surface area (Å²) in [6.45, 7) is 1.68. The van der Waals surface area contributed by atoms with Gasteiger partial charge in [-0.15, -0.1) is 0 Å². The van der Waals surface area contributed by atoms with Gasteiger partial charge in [0.2, 0.25) is 5.91 Å². The largest absolute Gasteiger partial charge is 0.370 e. The first-order chi connectivity index (χ1) is 12.0. The molecule has 3 rings (SSSR count). The lowest BCUT2D eigenvalue weighted by Gasteiger charge is -2.27. The standard InChI is InChI=1S/C17H22N4O4/c18-16(23)15(19-9-11-1-2-11)17(24)20-12-3-5-13(6-4-12)21-7-8-25-10-14(21)22/h3-6,11,15,19H,1-2,7-10H2,(H2,18,23)(H,20,24)/t15-/m0/s1. The van der Waals surface area contributed by atoms with Gasteiger partial charge in [0.25, 0.3) is 11.8 Å². The highest BCUT2D eigenvalue weighted by Gasteiger charge is 2.28. The zero-order valence-corrected chi connectivity index (χ0v) is 13.9. The summed E-state index contributed by atoms with van der Waals surface area (Å²) < 4.78 is 5.10. The summed E-state index contributed by atoms with van der Waals surface area (Å²) >= 11 is 0. The van der Waals surface area contributed by atoms with Crippen LogP contribution >= 0.6 is 0 Å². The number of hydrogen-bond acceptors (Lipinski definition) is 5. The maximum absolute atomic E-state index is 12.3. The number of nitrogens with two attached hydrogens (primary N) is 1. The average molecular weight is 346 g/mol. The number of benzene rings is 1. The molecule has 1 saturated carbocycles. The van der Waals surface area contributed by atoms with Crippen LogP contribution in [-0.4, -0.2) is 50.1 Å². The van der Waals surface area contributed by atoms with Crippen LogP contribution < -0.4 is 21.3 Å². The minimum atomic E-state index is -1.05. The van der Waals surface area contributed by atoms with Gasteiger partial charge in [0.15, 0.2) is 6.04 Å². The van der Waals surface area contributed by atoms with Crippen LogP contribution in [0.5, 0.6) is 0 Å². The van der Waals surface area contributed by atoms with Crippen LogP contribution in [0.15, 0.2) is 24.3 Å². The first-order valence-electron chi connectivity index (χ1n) is 8.36. The molecule has 8 nitrogen and oxygen atoms in total. The van der Waals surface area contributed by atoms with E-state index < -0.39 is 17.9 Å². The number of anilines is 2. The molecule has 4 N–H and O–H groups in total. The van der Waals surface area contributed by atoms with Gasteiger partial charge < -0.3 is 20.7 Å². The van der Waals surface area contributed by atoms with E-state index in [4.69, 9.17) is 10.5 Å². The number of primary amides is 1. The number of nitrogens with one attached hydrogen (secondary N) is 2. The zero-order valence-electron chi connectivity index (χ0n) is 13.9. The molecule has 1 heterocycles. The van der Waals surface area contributed by atoms with Gasteiger partial charge in [0.05, 0.1) is 6.61 Å². The van der Waals surface area contributed by atoms with Crippen molar-refractivity contribution < 1.29 is 19.1 Å². The maximum Gasteiger partial charge on any atom is 0.253 e. The zero-order chi connectivity index (χ0) is 17.8. The molecule has 1 aliphatic heterocycles. The summed E-state index contributed by atoms with van der Waals surface area (Å²) in [6, 6.07) is 5.82. The van der Waals surface area contributed by atoms with Crippen molar-refractivity contribution in [2.24, 2.45) is 11.7 Å². The second-order valence-electron chi connectivity index (χ2n) is 6.32. The first-order valence-corrected chi connectivity index (χ1v) is 8.36. The average Bonchev–Trinajstić information content (AvgIpc) is 3.40. The highest BCUT2D eigenvalue weighted by molar-refractivity contribution is 6.09. The Labute approximate surface area is 145 Å². The fraction of sp³-hybridized carbons (Fsp3) is 0.471. The fourth-order valence-electron chi connectivity index (χ4n) is 2.66. The number of rotatable bonds is 7. The highest BCUT2D eigenvalue weighted by Crippen LogP contribution is 2.27. The summed E-state index contributed by atoms with van der Waals surface area (Å²) in [6.07, 6.45) is 2.23. The van der Waals surface area contributed by atoms with Crippen LogP contribution in [0, 0.1) is 5.92 Å². The lowest BCUT2D eigenvalue weighted by atomic mass is 10.2. The third-order valence-electron chi connectivity index (χ3n) is 4.29. The van der Waals surface area contributed by atoms with E-state index in [1.54, 1.807) is 29.2 Å². The Morgan fingerprint density at radius 3 is 2.60 bits per heavy atom. The Balaban J connectivity index is 1.60. The maximum atomic E-state index is 12.3. The Morgan fingerprint density at radius 2 is 2.00 bits per heavy atom. The SMILES string of the molecule is NC(=O)[C@H](NCC1CC1)C(=O)Nc1ccc(N2CCOCC2=O)cc1. The molecule has 0 spiro atoms. The Bertz CT molecular complexity index is 657. The quantitative estimate of drug-likeness (QED) is 0.594. The predicted octanol–water partition coefficient (Wildman–Crippen LogP) is -0.158. The van der Waals surface area contributed by atoms with E-state index in [2.05, 4.69) is 10.6 Å². The van der Waals surface area contributed by atoms with Crippen LogP contribution in [0.4, 0.5) is 11.4 Å². The molecule has 0 radical (unpaired) electrons. The van der Waals surface area contributed by atoms with Gasteiger partial charge in [-0.25, -0.2) is 0 Å². The molecule has 1 aromatic rings. The number of morpholine rings is 1. The Morgan fingerprint density at radius 1 is 1.28 bits per heavy atom. The summed E-state index contributed by atoms with van der Waals surface area (Å²) in [7, 11) is 0. The molecule has 1 atom stereocenters. The molecule has 1 saturated heterocycles. The molecule has 134 valence electrons. The number of carbonyl (C=O) groups excluding carboxylic acids is 3.